The van der Waals surface area contributed by atoms with E-state index < -0.39 is 5.91 Å². The minimum atomic E-state index is -0.522. The zero-order chi connectivity index (χ0) is 21.5. The largest absolute Gasteiger partial charge is 0.508 e. The van der Waals surface area contributed by atoms with Crippen LogP contribution in [-0.2, 0) is 11.2 Å². The number of carbonyl (C=O) groups excluding carboxylic acids is 1. The van der Waals surface area contributed by atoms with Crippen molar-refractivity contribution in [3.8, 4) is 17.6 Å². The Labute approximate surface area is 183 Å². The third-order valence-corrected chi connectivity index (χ3v) is 5.25. The predicted octanol–water partition coefficient (Wildman–Crippen LogP) is 5.30. The quantitative estimate of drug-likeness (QED) is 0.295. The van der Waals surface area contributed by atoms with Crippen LogP contribution in [0.15, 0.2) is 76.8 Å². The van der Waals surface area contributed by atoms with E-state index in [1.165, 1.54) is 12.1 Å². The summed E-state index contributed by atoms with van der Waals surface area (Å²) in [7, 11) is 1.60. The molecule has 0 radical (unpaired) electrons. The minimum Gasteiger partial charge on any atom is -0.508 e. The highest BCUT2D eigenvalue weighted by Gasteiger charge is 2.13. The summed E-state index contributed by atoms with van der Waals surface area (Å²) >= 11 is 3.56. The van der Waals surface area contributed by atoms with E-state index >= 15 is 0 Å². The summed E-state index contributed by atoms with van der Waals surface area (Å²) in [6.07, 6.45) is 2.17. The molecule has 3 aromatic carbocycles. The van der Waals surface area contributed by atoms with Crippen LogP contribution in [0.25, 0.3) is 6.08 Å². The number of benzene rings is 3. The van der Waals surface area contributed by atoms with E-state index in [0.29, 0.717) is 17.9 Å². The van der Waals surface area contributed by atoms with Crippen molar-refractivity contribution in [1.82, 2.24) is 0 Å². The fourth-order valence-electron chi connectivity index (χ4n) is 2.90. The van der Waals surface area contributed by atoms with Gasteiger partial charge in [-0.15, -0.1) is 0 Å². The number of hydrogen-bond donors (Lipinski definition) is 2. The van der Waals surface area contributed by atoms with Gasteiger partial charge >= 0.3 is 0 Å². The van der Waals surface area contributed by atoms with Crippen molar-refractivity contribution in [3.63, 3.8) is 0 Å². The van der Waals surface area contributed by atoms with Crippen molar-refractivity contribution in [2.24, 2.45) is 0 Å². The van der Waals surface area contributed by atoms with Gasteiger partial charge in [0.25, 0.3) is 5.91 Å². The molecule has 30 heavy (non-hydrogen) atoms. The molecule has 0 atom stereocenters. The maximum Gasteiger partial charge on any atom is 0.266 e. The van der Waals surface area contributed by atoms with E-state index in [9.17, 15) is 15.2 Å². The highest BCUT2D eigenvalue weighted by Crippen LogP contribution is 2.26. The Hall–Kier alpha value is -3.56. The average Bonchev–Trinajstić information content (AvgIpc) is 2.75. The second kappa shape index (κ2) is 9.77. The molecule has 6 heteroatoms. The second-order valence-electron chi connectivity index (χ2n) is 6.50. The lowest BCUT2D eigenvalue weighted by Gasteiger charge is -2.11. The Kier molecular flexibility index (Phi) is 6.89. The molecule has 0 aromatic heterocycles. The molecule has 3 rings (SSSR count). The molecule has 0 heterocycles. The number of ether oxygens (including phenoxy) is 1. The van der Waals surface area contributed by atoms with Crippen molar-refractivity contribution in [2.45, 2.75) is 6.42 Å². The van der Waals surface area contributed by atoms with Crippen LogP contribution < -0.4 is 10.1 Å². The van der Waals surface area contributed by atoms with Crippen LogP contribution in [0.1, 0.15) is 16.7 Å². The highest BCUT2D eigenvalue weighted by molar-refractivity contribution is 9.10. The fourth-order valence-corrected chi connectivity index (χ4v) is 3.32. The first-order valence-corrected chi connectivity index (χ1v) is 9.92. The SMILES string of the molecule is COc1ccc(/C=C(\C#N)C(=O)Nc2ccc(O)cc2)c(Cc2ccccc2Br)c1. The van der Waals surface area contributed by atoms with Gasteiger partial charge < -0.3 is 15.2 Å². The molecule has 0 saturated heterocycles. The van der Waals surface area contributed by atoms with Gasteiger partial charge in [0.2, 0.25) is 0 Å². The summed E-state index contributed by atoms with van der Waals surface area (Å²) in [5.74, 6) is 0.270. The number of aromatic hydroxyl groups is 1. The van der Waals surface area contributed by atoms with Crippen molar-refractivity contribution in [2.75, 3.05) is 12.4 Å². The molecular weight excluding hydrogens is 444 g/mol. The Morgan fingerprint density at radius 1 is 1.13 bits per heavy atom. The number of nitriles is 1. The first-order chi connectivity index (χ1) is 14.5. The maximum atomic E-state index is 12.6. The van der Waals surface area contributed by atoms with Crippen LogP contribution in [0.4, 0.5) is 5.69 Å². The van der Waals surface area contributed by atoms with Crippen LogP contribution >= 0.6 is 15.9 Å². The molecule has 0 aliphatic heterocycles. The van der Waals surface area contributed by atoms with Gasteiger partial charge in [-0.25, -0.2) is 0 Å². The average molecular weight is 463 g/mol. The van der Waals surface area contributed by atoms with Gasteiger partial charge in [-0.05, 0) is 71.7 Å². The van der Waals surface area contributed by atoms with E-state index in [4.69, 9.17) is 4.74 Å². The van der Waals surface area contributed by atoms with E-state index in [1.807, 2.05) is 42.5 Å². The molecule has 0 bridgehead atoms. The van der Waals surface area contributed by atoms with Gasteiger partial charge in [0.15, 0.2) is 0 Å². The fraction of sp³-hybridized carbons (Fsp3) is 0.0833. The van der Waals surface area contributed by atoms with Crippen LogP contribution in [-0.4, -0.2) is 18.1 Å². The number of halogens is 1. The molecule has 0 fully saturated rings. The lowest BCUT2D eigenvalue weighted by atomic mass is 9.97. The summed E-state index contributed by atoms with van der Waals surface area (Å²) in [5.41, 5.74) is 3.21. The van der Waals surface area contributed by atoms with E-state index in [1.54, 1.807) is 31.4 Å². The Balaban J connectivity index is 1.93. The second-order valence-corrected chi connectivity index (χ2v) is 7.36. The van der Waals surface area contributed by atoms with Crippen LogP contribution in [0.5, 0.6) is 11.5 Å². The molecule has 2 N–H and O–H groups in total. The summed E-state index contributed by atoms with van der Waals surface area (Å²) < 4.78 is 6.33. The van der Waals surface area contributed by atoms with Gasteiger partial charge in [-0.2, -0.15) is 5.26 Å². The monoisotopic (exact) mass is 462 g/mol. The molecule has 0 aliphatic rings. The third kappa shape index (κ3) is 5.28. The van der Waals surface area contributed by atoms with Gasteiger partial charge in [0.1, 0.15) is 23.1 Å². The summed E-state index contributed by atoms with van der Waals surface area (Å²) in [4.78, 5) is 12.6. The number of nitrogens with zero attached hydrogens (tertiary/aromatic N) is 1. The number of methoxy groups -OCH3 is 1. The molecule has 0 spiro atoms. The number of carbonyl (C=O) groups is 1. The zero-order valence-electron chi connectivity index (χ0n) is 16.2. The van der Waals surface area contributed by atoms with Crippen molar-refractivity contribution in [3.05, 3.63) is 93.5 Å². The van der Waals surface area contributed by atoms with E-state index in [2.05, 4.69) is 21.2 Å². The van der Waals surface area contributed by atoms with Crippen LogP contribution in [0, 0.1) is 11.3 Å². The van der Waals surface area contributed by atoms with Gasteiger partial charge in [-0.3, -0.25) is 4.79 Å². The maximum absolute atomic E-state index is 12.6. The topological polar surface area (TPSA) is 82.3 Å². The molecule has 5 nitrogen and oxygen atoms in total. The summed E-state index contributed by atoms with van der Waals surface area (Å²) in [6, 6.07) is 21.4. The number of nitrogens with one attached hydrogen (secondary N) is 1. The summed E-state index contributed by atoms with van der Waals surface area (Å²) in [6.45, 7) is 0. The van der Waals surface area contributed by atoms with E-state index in [0.717, 1.165) is 21.2 Å². The first-order valence-electron chi connectivity index (χ1n) is 9.12. The Bertz CT molecular complexity index is 1130. The molecular formula is C24H19BrN2O3. The van der Waals surface area contributed by atoms with Gasteiger partial charge in [-0.1, -0.05) is 40.2 Å². The molecule has 150 valence electrons. The standard InChI is InChI=1S/C24H19BrN2O3/c1-30-22-11-6-16(18(14-22)13-17-4-2-3-5-23(17)25)12-19(15-26)24(29)27-20-7-9-21(28)10-8-20/h2-12,14,28H,13H2,1H3,(H,27,29)/b19-12+. The number of hydrogen-bond acceptors (Lipinski definition) is 4. The van der Waals surface area contributed by atoms with E-state index in [-0.39, 0.29) is 11.3 Å². The number of anilines is 1. The highest BCUT2D eigenvalue weighted by atomic mass is 79.9. The molecule has 0 saturated carbocycles. The van der Waals surface area contributed by atoms with Crippen LogP contribution in [0.2, 0.25) is 0 Å². The normalized spacial score (nSPS) is 10.9. The molecule has 3 aromatic rings. The molecule has 0 unspecified atom stereocenters. The van der Waals surface area contributed by atoms with Crippen LogP contribution in [0.3, 0.4) is 0 Å². The third-order valence-electron chi connectivity index (χ3n) is 4.48. The van der Waals surface area contributed by atoms with Gasteiger partial charge in [0.05, 0.1) is 7.11 Å². The predicted molar refractivity (Wildman–Crippen MR) is 120 cm³/mol. The van der Waals surface area contributed by atoms with Crippen molar-refractivity contribution >= 4 is 33.6 Å². The Morgan fingerprint density at radius 3 is 2.53 bits per heavy atom. The lowest BCUT2D eigenvalue weighted by Crippen LogP contribution is -2.13. The number of phenolic OH excluding ortho intramolecular Hbond substituents is 1. The Morgan fingerprint density at radius 2 is 1.87 bits per heavy atom. The lowest BCUT2D eigenvalue weighted by molar-refractivity contribution is -0.112. The smallest absolute Gasteiger partial charge is 0.266 e. The number of phenols is 1. The first kappa shape index (κ1) is 21.2. The zero-order valence-corrected chi connectivity index (χ0v) is 17.8. The molecule has 0 aliphatic carbocycles. The number of amides is 1. The van der Waals surface area contributed by atoms with Crippen molar-refractivity contribution < 1.29 is 14.6 Å². The minimum absolute atomic E-state index is 0.0263. The number of rotatable bonds is 6. The van der Waals surface area contributed by atoms with Gasteiger partial charge in [0, 0.05) is 10.2 Å². The molecule has 1 amide bonds. The van der Waals surface area contributed by atoms with Crippen molar-refractivity contribution in [1.29, 1.82) is 5.26 Å². The summed E-state index contributed by atoms with van der Waals surface area (Å²) in [5, 5.41) is 21.6.